The van der Waals surface area contributed by atoms with Crippen molar-refractivity contribution in [2.24, 2.45) is 0 Å². The van der Waals surface area contributed by atoms with Crippen molar-refractivity contribution in [1.82, 2.24) is 0 Å². The van der Waals surface area contributed by atoms with E-state index in [1.807, 2.05) is 12.1 Å². The molecule has 0 saturated carbocycles. The van der Waals surface area contributed by atoms with Crippen LogP contribution < -0.4 is 0 Å². The van der Waals surface area contributed by atoms with E-state index in [1.54, 1.807) is 0 Å². The summed E-state index contributed by atoms with van der Waals surface area (Å²) >= 11 is 0. The lowest BCUT2D eigenvalue weighted by Crippen LogP contribution is -2.29. The topological polar surface area (TPSA) is 4.36 Å². The minimum absolute atomic E-state index is 0.468. The van der Waals surface area contributed by atoms with Gasteiger partial charge in [0, 0.05) is 0 Å². The molecule has 0 heterocycles. The molecule has 0 bridgehead atoms. The monoisotopic (exact) mass is 493 g/mol. The van der Waals surface area contributed by atoms with Gasteiger partial charge in [0.2, 0.25) is 0 Å². The van der Waals surface area contributed by atoms with Gasteiger partial charge in [0.05, 0.1) is 12.0 Å². The number of hydrogen-bond acceptors (Lipinski definition) is 0. The lowest BCUT2D eigenvalue weighted by atomic mass is 9.66. The van der Waals surface area contributed by atoms with Gasteiger partial charge in [-0.1, -0.05) is 140 Å². The van der Waals surface area contributed by atoms with Crippen LogP contribution in [0.4, 0.5) is 5.69 Å². The summed E-state index contributed by atoms with van der Waals surface area (Å²) in [5.41, 5.74) is 15.4. The summed E-state index contributed by atoms with van der Waals surface area (Å²) in [5.74, 6) is 0. The summed E-state index contributed by atoms with van der Waals surface area (Å²) in [6.07, 6.45) is 0. The molecule has 0 amide bonds. The summed E-state index contributed by atoms with van der Waals surface area (Å²) in [6.45, 7) is 7.41. The molecule has 1 spiro atoms. The van der Waals surface area contributed by atoms with Crippen LogP contribution in [0.1, 0.15) is 22.3 Å². The predicted octanol–water partition coefficient (Wildman–Crippen LogP) is 9.91. The van der Waals surface area contributed by atoms with Crippen molar-refractivity contribution in [2.45, 2.75) is 5.41 Å². The van der Waals surface area contributed by atoms with Crippen LogP contribution in [-0.2, 0) is 5.41 Å². The lowest BCUT2D eigenvalue weighted by molar-refractivity contribution is 0.775. The molecule has 0 aromatic heterocycles. The molecule has 8 rings (SSSR count). The molecule has 39 heavy (non-hydrogen) atoms. The Morgan fingerprint density at radius 1 is 0.385 bits per heavy atom. The molecule has 2 aliphatic carbocycles. The van der Waals surface area contributed by atoms with E-state index < -0.39 is 5.41 Å². The van der Waals surface area contributed by atoms with Crippen LogP contribution in [0.2, 0.25) is 0 Å². The maximum Gasteiger partial charge on any atom is 0.187 e. The standard InChI is InChI=1S/C38H23N/c1-39-26-23-21-25(22-24-26)27-16-10-20-36-37(27)32-15-6-9-19-35(32)38(36)33-17-7-4-13-30(33)28-11-2-3-12-29(28)31-14-5-8-18-34(31)38/h2-24H. The quantitative estimate of drug-likeness (QED) is 0.200. The van der Waals surface area contributed by atoms with E-state index in [9.17, 15) is 0 Å². The predicted molar refractivity (Wildman–Crippen MR) is 160 cm³/mol. The van der Waals surface area contributed by atoms with Crippen molar-refractivity contribution < 1.29 is 0 Å². The van der Waals surface area contributed by atoms with Gasteiger partial charge < -0.3 is 0 Å². The number of nitrogens with zero attached hydrogens (tertiary/aromatic N) is 1. The molecule has 0 radical (unpaired) electrons. The number of benzene rings is 6. The summed E-state index contributed by atoms with van der Waals surface area (Å²) in [5, 5.41) is 0. The van der Waals surface area contributed by atoms with Gasteiger partial charge in [-0.25, -0.2) is 4.85 Å². The highest BCUT2D eigenvalue weighted by Crippen LogP contribution is 2.62. The van der Waals surface area contributed by atoms with Gasteiger partial charge in [0.15, 0.2) is 5.69 Å². The van der Waals surface area contributed by atoms with Crippen LogP contribution in [0.3, 0.4) is 0 Å². The van der Waals surface area contributed by atoms with Gasteiger partial charge >= 0.3 is 0 Å². The Kier molecular flexibility index (Phi) is 4.57. The second-order valence-electron chi connectivity index (χ2n) is 10.3. The number of fused-ring (bicyclic) bond motifs is 12. The molecule has 0 saturated heterocycles. The maximum absolute atomic E-state index is 7.41. The molecule has 2 aliphatic rings. The van der Waals surface area contributed by atoms with E-state index in [-0.39, 0.29) is 0 Å². The van der Waals surface area contributed by atoms with Crippen molar-refractivity contribution in [2.75, 3.05) is 0 Å². The SMILES string of the molecule is [C-]#[N+]c1ccc(-c2cccc3c2-c2ccccc2C32c3ccccc3-c3ccccc3-c3ccccc32)cc1. The van der Waals surface area contributed by atoms with Gasteiger partial charge in [-0.3, -0.25) is 0 Å². The zero-order valence-electron chi connectivity index (χ0n) is 21.2. The molecule has 0 atom stereocenters. The van der Waals surface area contributed by atoms with E-state index in [0.717, 1.165) is 5.56 Å². The average Bonchev–Trinajstić information content (AvgIpc) is 3.26. The molecular formula is C38H23N. The van der Waals surface area contributed by atoms with Gasteiger partial charge in [0.1, 0.15) is 0 Å². The van der Waals surface area contributed by atoms with Crippen molar-refractivity contribution in [1.29, 1.82) is 0 Å². The first-order valence-electron chi connectivity index (χ1n) is 13.3. The van der Waals surface area contributed by atoms with E-state index >= 15 is 0 Å². The summed E-state index contributed by atoms with van der Waals surface area (Å²) in [4.78, 5) is 3.61. The van der Waals surface area contributed by atoms with Crippen molar-refractivity contribution in [3.8, 4) is 44.5 Å². The highest BCUT2D eigenvalue weighted by Gasteiger charge is 2.50. The Hall–Kier alpha value is -5.19. The number of hydrogen-bond donors (Lipinski definition) is 0. The third kappa shape index (κ3) is 2.84. The normalized spacial score (nSPS) is 13.3. The molecular weight excluding hydrogens is 470 g/mol. The molecule has 0 fully saturated rings. The maximum atomic E-state index is 7.41. The van der Waals surface area contributed by atoms with Crippen LogP contribution >= 0.6 is 0 Å². The Balaban J connectivity index is 1.57. The highest BCUT2D eigenvalue weighted by atomic mass is 14.6. The van der Waals surface area contributed by atoms with Gasteiger partial charge in [-0.05, 0) is 66.8 Å². The Morgan fingerprint density at radius 3 is 1.38 bits per heavy atom. The molecule has 1 nitrogen and oxygen atoms in total. The molecule has 0 N–H and O–H groups in total. The average molecular weight is 494 g/mol. The van der Waals surface area contributed by atoms with Crippen molar-refractivity contribution in [3.63, 3.8) is 0 Å². The molecule has 1 heteroatoms. The summed E-state index contributed by atoms with van der Waals surface area (Å²) in [7, 11) is 0. The summed E-state index contributed by atoms with van der Waals surface area (Å²) < 4.78 is 0. The first-order valence-corrected chi connectivity index (χ1v) is 13.3. The molecule has 6 aromatic carbocycles. The largest absolute Gasteiger partial charge is 0.238 e. The Bertz CT molecular complexity index is 1900. The van der Waals surface area contributed by atoms with Crippen molar-refractivity contribution >= 4 is 5.69 Å². The first-order chi connectivity index (χ1) is 19.3. The van der Waals surface area contributed by atoms with Gasteiger partial charge in [0.25, 0.3) is 0 Å². The van der Waals surface area contributed by atoms with Crippen molar-refractivity contribution in [3.05, 3.63) is 173 Å². The molecule has 180 valence electrons. The van der Waals surface area contributed by atoms with Gasteiger partial charge in [-0.15, -0.1) is 0 Å². The smallest absolute Gasteiger partial charge is 0.187 e. The van der Waals surface area contributed by atoms with Crippen LogP contribution in [0.5, 0.6) is 0 Å². The molecule has 0 unspecified atom stereocenters. The minimum Gasteiger partial charge on any atom is -0.238 e. The van der Waals surface area contributed by atoms with Crippen LogP contribution in [0.25, 0.3) is 49.4 Å². The summed E-state index contributed by atoms with van der Waals surface area (Å²) in [6, 6.07) is 50.5. The van der Waals surface area contributed by atoms with Gasteiger partial charge in [-0.2, -0.15) is 0 Å². The molecule has 0 aliphatic heterocycles. The fourth-order valence-corrected chi connectivity index (χ4v) is 7.05. The van der Waals surface area contributed by atoms with Crippen LogP contribution in [-0.4, -0.2) is 0 Å². The zero-order valence-corrected chi connectivity index (χ0v) is 21.2. The third-order valence-corrected chi connectivity index (χ3v) is 8.55. The first kappa shape index (κ1) is 21.9. The molecule has 6 aromatic rings. The Labute approximate surface area is 228 Å². The van der Waals surface area contributed by atoms with E-state index in [0.29, 0.717) is 5.69 Å². The fourth-order valence-electron chi connectivity index (χ4n) is 7.05. The highest BCUT2D eigenvalue weighted by molar-refractivity contribution is 6.00. The second kappa shape index (κ2) is 8.15. The zero-order chi connectivity index (χ0) is 26.0. The van der Waals surface area contributed by atoms with Crippen LogP contribution in [0.15, 0.2) is 140 Å². The lowest BCUT2D eigenvalue weighted by Gasteiger charge is -2.35. The minimum atomic E-state index is -0.468. The number of rotatable bonds is 1. The van der Waals surface area contributed by atoms with E-state index in [1.165, 1.54) is 61.2 Å². The third-order valence-electron chi connectivity index (χ3n) is 8.55. The van der Waals surface area contributed by atoms with E-state index in [4.69, 9.17) is 6.57 Å². The second-order valence-corrected chi connectivity index (χ2v) is 10.3. The Morgan fingerprint density at radius 2 is 0.821 bits per heavy atom. The van der Waals surface area contributed by atoms with E-state index in [2.05, 4.69) is 132 Å². The van der Waals surface area contributed by atoms with Crippen LogP contribution in [0, 0.1) is 6.57 Å². The fraction of sp³-hybridized carbons (Fsp3) is 0.0263.